The van der Waals surface area contributed by atoms with Crippen molar-refractivity contribution in [3.8, 4) is 5.75 Å². The Hall–Kier alpha value is -1.29. The van der Waals surface area contributed by atoms with Crippen LogP contribution in [0.4, 0.5) is 4.39 Å². The largest absolute Gasteiger partial charge is 0.506 e. The molecule has 2 aromatic carbocycles. The Labute approximate surface area is 133 Å². The quantitative estimate of drug-likeness (QED) is 0.793. The van der Waals surface area contributed by atoms with Gasteiger partial charge in [-0.2, -0.15) is 0 Å². The Bertz CT molecular complexity index is 646. The van der Waals surface area contributed by atoms with Crippen LogP contribution in [0.25, 0.3) is 0 Å². The summed E-state index contributed by atoms with van der Waals surface area (Å²) in [5.41, 5.74) is 2.69. The standard InChI is InChI=1S/C16H16Cl2FNO/c1-10-6-14(19)3-2-11(10)4-5-20-9-12-7-13(17)8-15(18)16(12)21/h2-3,6-8,20-21H,4-5,9H2,1H3. The Morgan fingerprint density at radius 1 is 1.14 bits per heavy atom. The van der Waals surface area contributed by atoms with E-state index in [1.165, 1.54) is 18.2 Å². The van der Waals surface area contributed by atoms with E-state index in [0.29, 0.717) is 23.7 Å². The molecular formula is C16H16Cl2FNO. The molecule has 2 N–H and O–H groups in total. The van der Waals surface area contributed by atoms with E-state index in [1.807, 2.05) is 6.92 Å². The second-order valence-corrected chi connectivity index (χ2v) is 5.74. The molecule has 0 fully saturated rings. The van der Waals surface area contributed by atoms with Crippen LogP contribution in [0, 0.1) is 12.7 Å². The maximum Gasteiger partial charge on any atom is 0.138 e. The molecule has 112 valence electrons. The average molecular weight is 328 g/mol. The third kappa shape index (κ3) is 4.34. The number of aryl methyl sites for hydroxylation is 1. The van der Waals surface area contributed by atoms with Crippen LogP contribution in [-0.2, 0) is 13.0 Å². The zero-order valence-electron chi connectivity index (χ0n) is 11.6. The summed E-state index contributed by atoms with van der Waals surface area (Å²) < 4.78 is 13.0. The van der Waals surface area contributed by atoms with Gasteiger partial charge in [-0.1, -0.05) is 29.3 Å². The van der Waals surface area contributed by atoms with Gasteiger partial charge in [0.2, 0.25) is 0 Å². The Kier molecular flexibility index (Phi) is 5.45. The number of aromatic hydroxyl groups is 1. The first kappa shape index (κ1) is 16.1. The van der Waals surface area contributed by atoms with E-state index in [0.717, 1.165) is 17.5 Å². The molecule has 0 aliphatic heterocycles. The van der Waals surface area contributed by atoms with Crippen molar-refractivity contribution < 1.29 is 9.50 Å². The first-order valence-electron chi connectivity index (χ1n) is 6.60. The summed E-state index contributed by atoms with van der Waals surface area (Å²) in [6.45, 7) is 3.06. The second kappa shape index (κ2) is 7.12. The highest BCUT2D eigenvalue weighted by Gasteiger charge is 2.07. The summed E-state index contributed by atoms with van der Waals surface area (Å²) in [7, 11) is 0. The van der Waals surface area contributed by atoms with Gasteiger partial charge in [0, 0.05) is 17.1 Å². The van der Waals surface area contributed by atoms with Gasteiger partial charge in [0.1, 0.15) is 11.6 Å². The molecule has 0 aliphatic carbocycles. The van der Waals surface area contributed by atoms with Crippen molar-refractivity contribution in [1.82, 2.24) is 5.32 Å². The first-order chi connectivity index (χ1) is 9.97. The number of rotatable bonds is 5. The molecule has 0 saturated heterocycles. The van der Waals surface area contributed by atoms with Gasteiger partial charge in [0.25, 0.3) is 0 Å². The van der Waals surface area contributed by atoms with Crippen molar-refractivity contribution in [3.63, 3.8) is 0 Å². The minimum absolute atomic E-state index is 0.0477. The summed E-state index contributed by atoms with van der Waals surface area (Å²) in [6.07, 6.45) is 0.779. The van der Waals surface area contributed by atoms with Crippen molar-refractivity contribution in [1.29, 1.82) is 0 Å². The number of hydrogen-bond acceptors (Lipinski definition) is 2. The number of nitrogens with one attached hydrogen (secondary N) is 1. The highest BCUT2D eigenvalue weighted by molar-refractivity contribution is 6.35. The zero-order chi connectivity index (χ0) is 15.4. The molecule has 0 aromatic heterocycles. The second-order valence-electron chi connectivity index (χ2n) is 4.89. The highest BCUT2D eigenvalue weighted by atomic mass is 35.5. The fourth-order valence-corrected chi connectivity index (χ4v) is 2.68. The maximum absolute atomic E-state index is 13.0. The van der Waals surface area contributed by atoms with Crippen LogP contribution in [0.2, 0.25) is 10.0 Å². The van der Waals surface area contributed by atoms with Crippen LogP contribution in [0.5, 0.6) is 5.75 Å². The molecular weight excluding hydrogens is 312 g/mol. The predicted octanol–water partition coefficient (Wildman–Crippen LogP) is 4.48. The van der Waals surface area contributed by atoms with Crippen LogP contribution in [0.3, 0.4) is 0 Å². The summed E-state index contributed by atoms with van der Waals surface area (Å²) in [5.74, 6) is -0.172. The fourth-order valence-electron chi connectivity index (χ4n) is 2.14. The summed E-state index contributed by atoms with van der Waals surface area (Å²) >= 11 is 11.8. The fraction of sp³-hybridized carbons (Fsp3) is 0.250. The lowest BCUT2D eigenvalue weighted by molar-refractivity contribution is 0.465. The van der Waals surface area contributed by atoms with Crippen LogP contribution >= 0.6 is 23.2 Å². The van der Waals surface area contributed by atoms with Gasteiger partial charge in [-0.3, -0.25) is 0 Å². The minimum atomic E-state index is -0.220. The smallest absolute Gasteiger partial charge is 0.138 e. The molecule has 2 nitrogen and oxygen atoms in total. The molecule has 21 heavy (non-hydrogen) atoms. The highest BCUT2D eigenvalue weighted by Crippen LogP contribution is 2.30. The third-order valence-electron chi connectivity index (χ3n) is 3.30. The van der Waals surface area contributed by atoms with E-state index in [-0.39, 0.29) is 16.6 Å². The van der Waals surface area contributed by atoms with Gasteiger partial charge in [0.15, 0.2) is 0 Å². The Balaban J connectivity index is 1.90. The lowest BCUT2D eigenvalue weighted by Gasteiger charge is -2.10. The van der Waals surface area contributed by atoms with Gasteiger partial charge in [-0.15, -0.1) is 0 Å². The molecule has 0 radical (unpaired) electrons. The lowest BCUT2D eigenvalue weighted by Crippen LogP contribution is -2.17. The molecule has 0 aliphatic rings. The molecule has 0 spiro atoms. The van der Waals surface area contributed by atoms with Crippen molar-refractivity contribution in [2.24, 2.45) is 0 Å². The van der Waals surface area contributed by atoms with Gasteiger partial charge in [-0.25, -0.2) is 4.39 Å². The average Bonchev–Trinajstić information content (AvgIpc) is 2.41. The van der Waals surface area contributed by atoms with E-state index < -0.39 is 0 Å². The van der Waals surface area contributed by atoms with Gasteiger partial charge in [-0.05, 0) is 55.3 Å². The monoisotopic (exact) mass is 327 g/mol. The van der Waals surface area contributed by atoms with Gasteiger partial charge in [0.05, 0.1) is 5.02 Å². The Morgan fingerprint density at radius 2 is 1.90 bits per heavy atom. The van der Waals surface area contributed by atoms with Crippen molar-refractivity contribution in [2.75, 3.05) is 6.54 Å². The lowest BCUT2D eigenvalue weighted by atomic mass is 10.1. The van der Waals surface area contributed by atoms with Crippen LogP contribution < -0.4 is 5.32 Å². The van der Waals surface area contributed by atoms with Crippen LogP contribution in [0.1, 0.15) is 16.7 Å². The molecule has 5 heteroatoms. The minimum Gasteiger partial charge on any atom is -0.506 e. The SMILES string of the molecule is Cc1cc(F)ccc1CCNCc1cc(Cl)cc(Cl)c1O. The van der Waals surface area contributed by atoms with Crippen molar-refractivity contribution >= 4 is 23.2 Å². The van der Waals surface area contributed by atoms with E-state index in [2.05, 4.69) is 5.32 Å². The molecule has 0 unspecified atom stereocenters. The van der Waals surface area contributed by atoms with Crippen molar-refractivity contribution in [2.45, 2.75) is 19.9 Å². The molecule has 0 amide bonds. The zero-order valence-corrected chi connectivity index (χ0v) is 13.1. The number of halogens is 3. The van der Waals surface area contributed by atoms with Crippen LogP contribution in [0.15, 0.2) is 30.3 Å². The molecule has 0 bridgehead atoms. The number of benzene rings is 2. The summed E-state index contributed by atoms with van der Waals surface area (Å²) in [4.78, 5) is 0. The maximum atomic E-state index is 13.0. The normalized spacial score (nSPS) is 10.9. The van der Waals surface area contributed by atoms with E-state index in [1.54, 1.807) is 12.1 Å². The number of phenols is 1. The van der Waals surface area contributed by atoms with E-state index in [9.17, 15) is 9.50 Å². The van der Waals surface area contributed by atoms with Crippen molar-refractivity contribution in [3.05, 3.63) is 62.9 Å². The predicted molar refractivity (Wildman–Crippen MR) is 84.7 cm³/mol. The summed E-state index contributed by atoms with van der Waals surface area (Å²) in [6, 6.07) is 7.96. The molecule has 2 rings (SSSR count). The summed E-state index contributed by atoms with van der Waals surface area (Å²) in [5, 5.41) is 13.8. The molecule has 0 atom stereocenters. The molecule has 0 heterocycles. The van der Waals surface area contributed by atoms with Gasteiger partial charge < -0.3 is 10.4 Å². The van der Waals surface area contributed by atoms with Gasteiger partial charge >= 0.3 is 0 Å². The first-order valence-corrected chi connectivity index (χ1v) is 7.35. The molecule has 0 saturated carbocycles. The number of phenolic OH excluding ortho intramolecular Hbond substituents is 1. The van der Waals surface area contributed by atoms with Crippen LogP contribution in [-0.4, -0.2) is 11.7 Å². The molecule has 2 aromatic rings. The topological polar surface area (TPSA) is 32.3 Å². The Morgan fingerprint density at radius 3 is 2.62 bits per heavy atom. The third-order valence-corrected chi connectivity index (χ3v) is 3.80. The number of hydrogen-bond donors (Lipinski definition) is 2. The van der Waals surface area contributed by atoms with E-state index in [4.69, 9.17) is 23.2 Å². The van der Waals surface area contributed by atoms with E-state index >= 15 is 0 Å².